The molecule has 7 nitrogen and oxygen atoms in total. The first-order chi connectivity index (χ1) is 17.1. The van der Waals surface area contributed by atoms with Crippen molar-refractivity contribution >= 4 is 17.8 Å². The number of aliphatic carboxylic acids is 1. The molecule has 0 saturated carbocycles. The van der Waals surface area contributed by atoms with E-state index >= 15 is 0 Å². The van der Waals surface area contributed by atoms with Crippen molar-refractivity contribution in [3.05, 3.63) is 47.5 Å². The highest BCUT2D eigenvalue weighted by Crippen LogP contribution is 2.33. The molecule has 206 valence electrons. The summed E-state index contributed by atoms with van der Waals surface area (Å²) < 4.78 is 0. The lowest BCUT2D eigenvalue weighted by molar-refractivity contribution is -0.142. The lowest BCUT2D eigenvalue weighted by Gasteiger charge is -2.42. The number of likely N-dealkylation sites (N-methyl/N-ethyl adjacent to an activating group) is 1. The average molecular weight is 514 g/mol. The Kier molecular flexibility index (Phi) is 10.1. The van der Waals surface area contributed by atoms with Crippen LogP contribution in [-0.2, 0) is 19.8 Å². The van der Waals surface area contributed by atoms with E-state index < -0.39 is 34.9 Å². The Morgan fingerprint density at radius 3 is 2.03 bits per heavy atom. The van der Waals surface area contributed by atoms with Gasteiger partial charge in [0.2, 0.25) is 11.8 Å². The molecule has 1 aliphatic heterocycles. The molecule has 1 unspecified atom stereocenters. The zero-order valence-corrected chi connectivity index (χ0v) is 24.2. The van der Waals surface area contributed by atoms with E-state index in [2.05, 4.69) is 36.2 Å². The molecule has 7 heteroatoms. The first-order valence-electron chi connectivity index (χ1n) is 13.4. The second-order valence-electron chi connectivity index (χ2n) is 12.4. The molecule has 0 aliphatic carbocycles. The summed E-state index contributed by atoms with van der Waals surface area (Å²) in [7, 11) is 1.69. The fourth-order valence-corrected chi connectivity index (χ4v) is 5.27. The number of hydrogen-bond donors (Lipinski definition) is 2. The number of carboxylic acids is 1. The van der Waals surface area contributed by atoms with Crippen LogP contribution in [0.3, 0.4) is 0 Å². The van der Waals surface area contributed by atoms with Gasteiger partial charge >= 0.3 is 5.97 Å². The van der Waals surface area contributed by atoms with Crippen LogP contribution in [0, 0.1) is 11.3 Å². The maximum atomic E-state index is 14.1. The second-order valence-corrected chi connectivity index (χ2v) is 12.4. The summed E-state index contributed by atoms with van der Waals surface area (Å²) in [4.78, 5) is 43.3. The van der Waals surface area contributed by atoms with Crippen molar-refractivity contribution in [3.8, 4) is 0 Å². The molecule has 3 atom stereocenters. The van der Waals surface area contributed by atoms with Crippen LogP contribution in [0.2, 0.25) is 0 Å². The lowest BCUT2D eigenvalue weighted by atomic mass is 9.76. The number of carboxylic acid groups (broad SMARTS) is 1. The van der Waals surface area contributed by atoms with Gasteiger partial charge in [-0.25, -0.2) is 4.79 Å². The van der Waals surface area contributed by atoms with Crippen molar-refractivity contribution in [2.24, 2.45) is 11.3 Å². The summed E-state index contributed by atoms with van der Waals surface area (Å²) >= 11 is 0. The monoisotopic (exact) mass is 513 g/mol. The van der Waals surface area contributed by atoms with E-state index in [-0.39, 0.29) is 23.3 Å². The first kappa shape index (κ1) is 30.6. The predicted octanol–water partition coefficient (Wildman–Crippen LogP) is 4.47. The minimum atomic E-state index is -1.01. The SMILES string of the molecule is C/C(=C\C(C(C)C)N(C)C(=O)[C@@H](NC(=O)[C@@H](N1CCCC1)C(C)(C)c1ccccc1)C(C)(C)C)C(=O)O. The van der Waals surface area contributed by atoms with Crippen LogP contribution < -0.4 is 5.32 Å². The second kappa shape index (κ2) is 12.2. The third-order valence-electron chi connectivity index (χ3n) is 7.59. The molecule has 1 aliphatic rings. The van der Waals surface area contributed by atoms with Crippen LogP contribution in [0.15, 0.2) is 42.0 Å². The topological polar surface area (TPSA) is 90.0 Å². The Labute approximate surface area is 223 Å². The standard InChI is InChI=1S/C30H47N3O4/c1-20(2)23(19-21(3)28(36)37)32(9)27(35)24(29(4,5)6)31-26(34)25(33-17-13-14-18-33)30(7,8)22-15-11-10-12-16-22/h10-12,15-16,19-20,23-25H,13-14,17-18H2,1-9H3,(H,31,34)(H,36,37)/b21-19+/t23?,24-,25-/m1/s1. The van der Waals surface area contributed by atoms with Crippen LogP contribution in [0.4, 0.5) is 0 Å². The molecule has 2 rings (SSSR count). The van der Waals surface area contributed by atoms with Gasteiger partial charge in [-0.1, -0.05) is 84.9 Å². The van der Waals surface area contributed by atoms with Gasteiger partial charge in [0.15, 0.2) is 0 Å². The fourth-order valence-electron chi connectivity index (χ4n) is 5.27. The molecule has 37 heavy (non-hydrogen) atoms. The summed E-state index contributed by atoms with van der Waals surface area (Å²) in [5.41, 5.74) is 0.232. The van der Waals surface area contributed by atoms with Gasteiger partial charge in [-0.3, -0.25) is 14.5 Å². The van der Waals surface area contributed by atoms with Gasteiger partial charge in [0.1, 0.15) is 6.04 Å². The maximum Gasteiger partial charge on any atom is 0.331 e. The van der Waals surface area contributed by atoms with Crippen LogP contribution in [0.25, 0.3) is 0 Å². The van der Waals surface area contributed by atoms with Crippen molar-refractivity contribution in [3.63, 3.8) is 0 Å². The van der Waals surface area contributed by atoms with Gasteiger partial charge < -0.3 is 15.3 Å². The zero-order chi connectivity index (χ0) is 28.1. The minimum Gasteiger partial charge on any atom is -0.478 e. The Morgan fingerprint density at radius 2 is 1.57 bits per heavy atom. The van der Waals surface area contributed by atoms with E-state index in [4.69, 9.17) is 0 Å². The molecule has 0 aromatic heterocycles. The van der Waals surface area contributed by atoms with Crippen molar-refractivity contribution in [1.82, 2.24) is 15.1 Å². The van der Waals surface area contributed by atoms with E-state index in [0.29, 0.717) is 0 Å². The highest BCUT2D eigenvalue weighted by Gasteiger charge is 2.45. The van der Waals surface area contributed by atoms with Crippen LogP contribution >= 0.6 is 0 Å². The van der Waals surface area contributed by atoms with Crippen molar-refractivity contribution in [2.75, 3.05) is 20.1 Å². The van der Waals surface area contributed by atoms with Gasteiger partial charge in [-0.15, -0.1) is 0 Å². The molecule has 2 N–H and O–H groups in total. The average Bonchev–Trinajstić information content (AvgIpc) is 3.33. The number of hydrogen-bond acceptors (Lipinski definition) is 4. The summed E-state index contributed by atoms with van der Waals surface area (Å²) in [6, 6.07) is 8.44. The van der Waals surface area contributed by atoms with Crippen LogP contribution in [0.5, 0.6) is 0 Å². The largest absolute Gasteiger partial charge is 0.478 e. The first-order valence-corrected chi connectivity index (χ1v) is 13.4. The number of carbonyl (C=O) groups is 3. The molecular weight excluding hydrogens is 466 g/mol. The Bertz CT molecular complexity index is 972. The molecule has 1 aromatic carbocycles. The predicted molar refractivity (Wildman–Crippen MR) is 148 cm³/mol. The van der Waals surface area contributed by atoms with Crippen molar-refractivity contribution < 1.29 is 19.5 Å². The normalized spacial score (nSPS) is 17.8. The van der Waals surface area contributed by atoms with Gasteiger partial charge in [-0.2, -0.15) is 0 Å². The number of rotatable bonds is 10. The number of nitrogens with zero attached hydrogens (tertiary/aromatic N) is 2. The molecule has 1 fully saturated rings. The van der Waals surface area contributed by atoms with Gasteiger partial charge in [-0.05, 0) is 49.8 Å². The van der Waals surface area contributed by atoms with Crippen LogP contribution in [-0.4, -0.2) is 71.0 Å². The summed E-state index contributed by atoms with van der Waals surface area (Å²) in [6.07, 6.45) is 3.71. The van der Waals surface area contributed by atoms with Gasteiger partial charge in [0, 0.05) is 18.0 Å². The van der Waals surface area contributed by atoms with E-state index in [1.165, 1.54) is 6.92 Å². The summed E-state index contributed by atoms with van der Waals surface area (Å²) in [5.74, 6) is -1.40. The molecule has 0 radical (unpaired) electrons. The molecule has 0 spiro atoms. The lowest BCUT2D eigenvalue weighted by Crippen LogP contribution is -2.62. The Balaban J connectivity index is 2.43. The van der Waals surface area contributed by atoms with E-state index in [1.54, 1.807) is 18.0 Å². The number of carbonyl (C=O) groups excluding carboxylic acids is 2. The summed E-state index contributed by atoms with van der Waals surface area (Å²) in [5, 5.41) is 12.5. The summed E-state index contributed by atoms with van der Waals surface area (Å²) in [6.45, 7) is 17.2. The number of likely N-dealkylation sites (tertiary alicyclic amines) is 1. The fraction of sp³-hybridized carbons (Fsp3) is 0.633. The van der Waals surface area contributed by atoms with Crippen LogP contribution in [0.1, 0.15) is 73.8 Å². The third kappa shape index (κ3) is 7.44. The Morgan fingerprint density at radius 1 is 1.03 bits per heavy atom. The van der Waals surface area contributed by atoms with Crippen molar-refractivity contribution in [1.29, 1.82) is 0 Å². The maximum absolute atomic E-state index is 14.1. The number of nitrogens with one attached hydrogen (secondary N) is 1. The van der Waals surface area contributed by atoms with E-state index in [9.17, 15) is 19.5 Å². The van der Waals surface area contributed by atoms with Gasteiger partial charge in [0.25, 0.3) is 0 Å². The molecule has 0 bridgehead atoms. The highest BCUT2D eigenvalue weighted by atomic mass is 16.4. The van der Waals surface area contributed by atoms with Crippen molar-refractivity contribution in [2.45, 2.75) is 91.8 Å². The highest BCUT2D eigenvalue weighted by molar-refractivity contribution is 5.91. The molecule has 1 aromatic rings. The van der Waals surface area contributed by atoms with E-state index in [1.807, 2.05) is 52.8 Å². The number of amides is 2. The smallest absolute Gasteiger partial charge is 0.331 e. The number of benzene rings is 1. The Hall–Kier alpha value is -2.67. The molecule has 1 heterocycles. The minimum absolute atomic E-state index is 0.00562. The third-order valence-corrected chi connectivity index (χ3v) is 7.59. The molecule has 2 amide bonds. The van der Waals surface area contributed by atoms with Gasteiger partial charge in [0.05, 0.1) is 12.1 Å². The molecule has 1 saturated heterocycles. The quantitative estimate of drug-likeness (QED) is 0.451. The zero-order valence-electron chi connectivity index (χ0n) is 24.2. The van der Waals surface area contributed by atoms with E-state index in [0.717, 1.165) is 31.5 Å². The molecular formula is C30H47N3O4.